The Morgan fingerprint density at radius 2 is 1.90 bits per heavy atom. The van der Waals surface area contributed by atoms with Crippen LogP contribution in [0.3, 0.4) is 0 Å². The van der Waals surface area contributed by atoms with Gasteiger partial charge in [0.1, 0.15) is 5.82 Å². The summed E-state index contributed by atoms with van der Waals surface area (Å²) in [4.78, 5) is 0. The van der Waals surface area contributed by atoms with E-state index < -0.39 is 0 Å². The monoisotopic (exact) mass is 270 g/mol. The van der Waals surface area contributed by atoms with E-state index in [2.05, 4.69) is 17.6 Å². The van der Waals surface area contributed by atoms with Gasteiger partial charge in [-0.3, -0.25) is 5.84 Å². The van der Waals surface area contributed by atoms with Gasteiger partial charge in [-0.1, -0.05) is 48.9 Å². The summed E-state index contributed by atoms with van der Waals surface area (Å²) in [5.74, 6) is 6.09. The van der Waals surface area contributed by atoms with Crippen molar-refractivity contribution in [3.63, 3.8) is 0 Å². The number of rotatable bonds is 4. The molecule has 0 bridgehead atoms. The van der Waals surface area contributed by atoms with Crippen LogP contribution in [0.25, 0.3) is 0 Å². The second kappa shape index (κ2) is 5.73. The molecule has 0 spiro atoms. The highest BCUT2D eigenvalue weighted by Gasteiger charge is 2.21. The standard InChI is InChI=1S/C17H19FN2/c18-16-10-2-1-9-15(16)17(20-19)14-8-4-7-13(11-14)12-5-3-6-12/h1-2,4,7-12,17,20H,3,5-6,19H2. The molecular weight excluding hydrogens is 251 g/mol. The van der Waals surface area contributed by atoms with Crippen LogP contribution in [0, 0.1) is 5.82 Å². The van der Waals surface area contributed by atoms with Crippen molar-refractivity contribution in [2.45, 2.75) is 31.2 Å². The SMILES string of the molecule is NNC(c1cccc(C2CCC2)c1)c1ccccc1F. The van der Waals surface area contributed by atoms with Crippen LogP contribution in [0.4, 0.5) is 4.39 Å². The maximum Gasteiger partial charge on any atom is 0.128 e. The van der Waals surface area contributed by atoms with Crippen molar-refractivity contribution in [3.8, 4) is 0 Å². The zero-order chi connectivity index (χ0) is 13.9. The molecular formula is C17H19FN2. The van der Waals surface area contributed by atoms with E-state index in [0.717, 1.165) is 5.56 Å². The van der Waals surface area contributed by atoms with Crippen LogP contribution in [0.5, 0.6) is 0 Å². The Labute approximate surface area is 118 Å². The molecule has 2 aromatic rings. The van der Waals surface area contributed by atoms with Gasteiger partial charge in [-0.25, -0.2) is 9.82 Å². The molecule has 1 aliphatic rings. The van der Waals surface area contributed by atoms with Gasteiger partial charge in [0.25, 0.3) is 0 Å². The van der Waals surface area contributed by atoms with Crippen molar-refractivity contribution in [2.75, 3.05) is 0 Å². The Balaban J connectivity index is 1.95. The van der Waals surface area contributed by atoms with Gasteiger partial charge in [0.05, 0.1) is 6.04 Å². The lowest BCUT2D eigenvalue weighted by Gasteiger charge is -2.27. The summed E-state index contributed by atoms with van der Waals surface area (Å²) in [6.07, 6.45) is 3.81. The Morgan fingerprint density at radius 1 is 1.10 bits per heavy atom. The van der Waals surface area contributed by atoms with Crippen LogP contribution in [0.1, 0.15) is 47.9 Å². The number of halogens is 1. The normalized spacial score (nSPS) is 16.7. The van der Waals surface area contributed by atoms with Crippen molar-refractivity contribution in [2.24, 2.45) is 5.84 Å². The highest BCUT2D eigenvalue weighted by Crippen LogP contribution is 2.37. The molecule has 2 nitrogen and oxygen atoms in total. The van der Waals surface area contributed by atoms with Gasteiger partial charge < -0.3 is 0 Å². The third-order valence-corrected chi connectivity index (χ3v) is 4.20. The lowest BCUT2D eigenvalue weighted by molar-refractivity contribution is 0.419. The second-order valence-electron chi connectivity index (χ2n) is 5.42. The number of hydrazine groups is 1. The van der Waals surface area contributed by atoms with Gasteiger partial charge >= 0.3 is 0 Å². The summed E-state index contributed by atoms with van der Waals surface area (Å²) < 4.78 is 14.0. The number of hydrogen-bond acceptors (Lipinski definition) is 2. The highest BCUT2D eigenvalue weighted by atomic mass is 19.1. The van der Waals surface area contributed by atoms with Crippen LogP contribution in [-0.4, -0.2) is 0 Å². The first-order chi connectivity index (χ1) is 9.79. The van der Waals surface area contributed by atoms with Crippen molar-refractivity contribution >= 4 is 0 Å². The lowest BCUT2D eigenvalue weighted by atomic mass is 9.79. The van der Waals surface area contributed by atoms with Crippen LogP contribution in [-0.2, 0) is 0 Å². The Morgan fingerprint density at radius 3 is 2.55 bits per heavy atom. The predicted molar refractivity (Wildman–Crippen MR) is 78.6 cm³/mol. The van der Waals surface area contributed by atoms with E-state index in [0.29, 0.717) is 11.5 Å². The number of hydrogen-bond donors (Lipinski definition) is 2. The lowest BCUT2D eigenvalue weighted by Crippen LogP contribution is -2.29. The summed E-state index contributed by atoms with van der Waals surface area (Å²) in [6.45, 7) is 0. The maximum atomic E-state index is 14.0. The fraction of sp³-hybridized carbons (Fsp3) is 0.294. The van der Waals surface area contributed by atoms with Crippen LogP contribution in [0.2, 0.25) is 0 Å². The molecule has 0 radical (unpaired) electrons. The molecule has 104 valence electrons. The van der Waals surface area contributed by atoms with Gasteiger partial charge in [0, 0.05) is 5.56 Å². The van der Waals surface area contributed by atoms with Gasteiger partial charge in [-0.2, -0.15) is 0 Å². The minimum atomic E-state index is -0.309. The molecule has 0 saturated heterocycles. The predicted octanol–water partition coefficient (Wildman–Crippen LogP) is 3.65. The average molecular weight is 270 g/mol. The first-order valence-corrected chi connectivity index (χ1v) is 7.10. The van der Waals surface area contributed by atoms with Crippen LogP contribution < -0.4 is 11.3 Å². The van der Waals surface area contributed by atoms with E-state index in [1.165, 1.54) is 30.9 Å². The molecule has 3 heteroatoms. The minimum absolute atomic E-state index is 0.232. The topological polar surface area (TPSA) is 38.0 Å². The zero-order valence-electron chi connectivity index (χ0n) is 11.4. The van der Waals surface area contributed by atoms with E-state index in [9.17, 15) is 4.39 Å². The van der Waals surface area contributed by atoms with Crippen molar-refractivity contribution in [3.05, 3.63) is 71.0 Å². The van der Waals surface area contributed by atoms with Crippen LogP contribution in [0.15, 0.2) is 48.5 Å². The van der Waals surface area contributed by atoms with E-state index in [1.54, 1.807) is 12.1 Å². The van der Waals surface area contributed by atoms with E-state index in [1.807, 2.05) is 18.2 Å². The fourth-order valence-electron chi connectivity index (χ4n) is 2.81. The average Bonchev–Trinajstić information content (AvgIpc) is 2.40. The van der Waals surface area contributed by atoms with Gasteiger partial charge in [-0.15, -0.1) is 0 Å². The molecule has 1 aliphatic carbocycles. The van der Waals surface area contributed by atoms with E-state index >= 15 is 0 Å². The first kappa shape index (κ1) is 13.3. The van der Waals surface area contributed by atoms with Crippen molar-refractivity contribution < 1.29 is 4.39 Å². The van der Waals surface area contributed by atoms with Gasteiger partial charge in [0.15, 0.2) is 0 Å². The highest BCUT2D eigenvalue weighted by molar-refractivity contribution is 5.36. The van der Waals surface area contributed by atoms with Gasteiger partial charge in [-0.05, 0) is 36.0 Å². The molecule has 1 unspecified atom stereocenters. The maximum absolute atomic E-state index is 14.0. The van der Waals surface area contributed by atoms with Crippen LogP contribution >= 0.6 is 0 Å². The number of nitrogens with two attached hydrogens (primary N) is 1. The molecule has 20 heavy (non-hydrogen) atoms. The van der Waals surface area contributed by atoms with E-state index in [4.69, 9.17) is 5.84 Å². The third kappa shape index (κ3) is 2.47. The molecule has 0 aliphatic heterocycles. The molecule has 0 aromatic heterocycles. The Bertz CT molecular complexity index is 593. The van der Waals surface area contributed by atoms with E-state index in [-0.39, 0.29) is 11.9 Å². The molecule has 2 aromatic carbocycles. The summed E-state index contributed by atoms with van der Waals surface area (Å²) in [6, 6.07) is 14.8. The Hall–Kier alpha value is -1.71. The zero-order valence-corrected chi connectivity index (χ0v) is 11.4. The molecule has 0 amide bonds. The minimum Gasteiger partial charge on any atom is -0.271 e. The molecule has 0 heterocycles. The summed E-state index contributed by atoms with van der Waals surface area (Å²) in [5, 5.41) is 0. The summed E-state index contributed by atoms with van der Waals surface area (Å²) in [5.41, 5.74) is 5.68. The summed E-state index contributed by atoms with van der Waals surface area (Å²) >= 11 is 0. The molecule has 1 atom stereocenters. The molecule has 3 rings (SSSR count). The Kier molecular flexibility index (Phi) is 3.81. The summed E-state index contributed by atoms with van der Waals surface area (Å²) in [7, 11) is 0. The van der Waals surface area contributed by atoms with Gasteiger partial charge in [0.2, 0.25) is 0 Å². The molecule has 1 saturated carbocycles. The second-order valence-corrected chi connectivity index (χ2v) is 5.42. The smallest absolute Gasteiger partial charge is 0.128 e. The first-order valence-electron chi connectivity index (χ1n) is 7.10. The molecule has 3 N–H and O–H groups in total. The number of benzene rings is 2. The quantitative estimate of drug-likeness (QED) is 0.657. The third-order valence-electron chi connectivity index (χ3n) is 4.20. The largest absolute Gasteiger partial charge is 0.271 e. The van der Waals surface area contributed by atoms with Crippen molar-refractivity contribution in [1.29, 1.82) is 0 Å². The fourth-order valence-corrected chi connectivity index (χ4v) is 2.81. The van der Waals surface area contributed by atoms with Crippen molar-refractivity contribution in [1.82, 2.24) is 5.43 Å². The number of nitrogens with one attached hydrogen (secondary N) is 1. The molecule has 1 fully saturated rings.